The molecule has 2 heterocycles. The first-order valence-corrected chi connectivity index (χ1v) is 8.33. The van der Waals surface area contributed by atoms with Crippen molar-refractivity contribution in [3.63, 3.8) is 0 Å². The Bertz CT molecular complexity index is 659. The van der Waals surface area contributed by atoms with Crippen molar-refractivity contribution in [1.82, 2.24) is 20.3 Å². The molecule has 0 radical (unpaired) electrons. The average molecular weight is 348 g/mol. The molecule has 4 rings (SSSR count). The van der Waals surface area contributed by atoms with E-state index in [1.54, 1.807) is 17.2 Å². The number of amides is 1. The molecule has 2 aliphatic rings. The molecule has 3 atom stereocenters. The molecule has 2 fully saturated rings. The Labute approximate surface area is 147 Å². The molecule has 128 valence electrons. The van der Waals surface area contributed by atoms with E-state index in [9.17, 15) is 4.79 Å². The minimum Gasteiger partial charge on any atom is -0.325 e. The summed E-state index contributed by atoms with van der Waals surface area (Å²) in [4.78, 5) is 14.0. The summed E-state index contributed by atoms with van der Waals surface area (Å²) in [6.45, 7) is 0. The highest BCUT2D eigenvalue weighted by Crippen LogP contribution is 2.33. The second-order valence-corrected chi connectivity index (χ2v) is 6.46. The highest BCUT2D eigenvalue weighted by Gasteiger charge is 2.38. The molecule has 1 aromatic carbocycles. The lowest BCUT2D eigenvalue weighted by Crippen LogP contribution is -2.39. The molecule has 1 saturated heterocycles. The van der Waals surface area contributed by atoms with E-state index >= 15 is 0 Å². The molecule has 2 N–H and O–H groups in total. The molecule has 1 saturated carbocycles. The van der Waals surface area contributed by atoms with Crippen LogP contribution in [0.25, 0.3) is 5.69 Å². The minimum absolute atomic E-state index is 0. The van der Waals surface area contributed by atoms with Crippen LogP contribution in [0.3, 0.4) is 0 Å². The number of benzene rings is 1. The van der Waals surface area contributed by atoms with Crippen molar-refractivity contribution in [2.45, 2.75) is 44.2 Å². The first-order chi connectivity index (χ1) is 11.3. The van der Waals surface area contributed by atoms with Gasteiger partial charge in [0.2, 0.25) is 5.91 Å². The zero-order valence-electron chi connectivity index (χ0n) is 13.4. The van der Waals surface area contributed by atoms with Gasteiger partial charge in [-0.25, -0.2) is 0 Å². The second-order valence-electron chi connectivity index (χ2n) is 6.46. The predicted molar refractivity (Wildman–Crippen MR) is 94.5 cm³/mol. The Kier molecular flexibility index (Phi) is 5.16. The molecule has 0 bridgehead atoms. The third kappa shape index (κ3) is 3.44. The van der Waals surface area contributed by atoms with Gasteiger partial charge >= 0.3 is 0 Å². The van der Waals surface area contributed by atoms with Gasteiger partial charge in [-0.1, -0.05) is 12.8 Å². The molecular formula is C17H22ClN5O. The van der Waals surface area contributed by atoms with Crippen molar-refractivity contribution in [2.75, 3.05) is 5.32 Å². The van der Waals surface area contributed by atoms with Gasteiger partial charge in [-0.2, -0.15) is 15.0 Å². The average Bonchev–Trinajstić information content (AvgIpc) is 3.25. The Morgan fingerprint density at radius 3 is 2.54 bits per heavy atom. The van der Waals surface area contributed by atoms with Crippen LogP contribution in [0.15, 0.2) is 36.7 Å². The van der Waals surface area contributed by atoms with Crippen molar-refractivity contribution in [1.29, 1.82) is 0 Å². The molecule has 1 aliphatic heterocycles. The largest absolute Gasteiger partial charge is 0.325 e. The Morgan fingerprint density at radius 2 is 1.83 bits per heavy atom. The van der Waals surface area contributed by atoms with E-state index in [4.69, 9.17) is 0 Å². The summed E-state index contributed by atoms with van der Waals surface area (Å²) < 4.78 is 0. The predicted octanol–water partition coefficient (Wildman–Crippen LogP) is 2.55. The second kappa shape index (κ2) is 7.32. The Morgan fingerprint density at radius 1 is 1.12 bits per heavy atom. The topological polar surface area (TPSA) is 71.8 Å². The summed E-state index contributed by atoms with van der Waals surface area (Å²) in [5.74, 6) is 0.747. The van der Waals surface area contributed by atoms with Crippen LogP contribution in [0.4, 0.5) is 5.69 Å². The lowest BCUT2D eigenvalue weighted by molar-refractivity contribution is -0.117. The Balaban J connectivity index is 0.00000169. The van der Waals surface area contributed by atoms with Gasteiger partial charge in [0.15, 0.2) is 0 Å². The molecule has 2 aromatic rings. The van der Waals surface area contributed by atoms with Gasteiger partial charge in [-0.3, -0.25) is 4.79 Å². The van der Waals surface area contributed by atoms with E-state index in [-0.39, 0.29) is 24.4 Å². The summed E-state index contributed by atoms with van der Waals surface area (Å²) in [6.07, 6.45) is 9.30. The van der Waals surface area contributed by atoms with Crippen LogP contribution in [0.5, 0.6) is 0 Å². The number of fused-ring (bicyclic) bond motifs is 1. The molecule has 7 heteroatoms. The molecule has 1 amide bonds. The maximum absolute atomic E-state index is 12.5. The maximum Gasteiger partial charge on any atom is 0.241 e. The summed E-state index contributed by atoms with van der Waals surface area (Å²) in [5.41, 5.74) is 1.68. The number of hydrogen-bond acceptors (Lipinski definition) is 4. The zero-order valence-corrected chi connectivity index (χ0v) is 14.2. The highest BCUT2D eigenvalue weighted by atomic mass is 35.5. The summed E-state index contributed by atoms with van der Waals surface area (Å²) >= 11 is 0. The van der Waals surface area contributed by atoms with Crippen LogP contribution in [-0.4, -0.2) is 33.0 Å². The monoisotopic (exact) mass is 347 g/mol. The molecule has 1 aromatic heterocycles. The fourth-order valence-corrected chi connectivity index (χ4v) is 3.78. The number of nitrogens with one attached hydrogen (secondary N) is 2. The minimum atomic E-state index is -0.0597. The third-order valence-electron chi connectivity index (χ3n) is 4.96. The number of carbonyl (C=O) groups excluding carboxylic acids is 1. The number of aromatic nitrogens is 3. The number of carbonyl (C=O) groups is 1. The standard InChI is InChI=1S/C17H21N5O.ClH/c23-17(16-11-12-3-1-2-4-15(12)21-16)20-13-5-7-14(8-6-13)22-18-9-10-19-22;/h5-10,12,15-16,21H,1-4,11H2,(H,20,23);1H. The maximum atomic E-state index is 12.5. The first-order valence-electron chi connectivity index (χ1n) is 8.33. The van der Waals surface area contributed by atoms with Gasteiger partial charge in [0.25, 0.3) is 0 Å². The fraction of sp³-hybridized carbons (Fsp3) is 0.471. The van der Waals surface area contributed by atoms with E-state index < -0.39 is 0 Å². The van der Waals surface area contributed by atoms with Crippen LogP contribution in [0, 0.1) is 5.92 Å². The zero-order chi connectivity index (χ0) is 15.6. The van der Waals surface area contributed by atoms with Crippen LogP contribution in [0.2, 0.25) is 0 Å². The highest BCUT2D eigenvalue weighted by molar-refractivity contribution is 5.95. The molecule has 1 aliphatic carbocycles. The lowest BCUT2D eigenvalue weighted by Gasteiger charge is -2.24. The van der Waals surface area contributed by atoms with E-state index in [1.807, 2.05) is 24.3 Å². The van der Waals surface area contributed by atoms with Crippen molar-refractivity contribution in [2.24, 2.45) is 5.92 Å². The smallest absolute Gasteiger partial charge is 0.241 e. The van der Waals surface area contributed by atoms with Gasteiger partial charge < -0.3 is 10.6 Å². The van der Waals surface area contributed by atoms with Crippen LogP contribution in [-0.2, 0) is 4.79 Å². The number of anilines is 1. The van der Waals surface area contributed by atoms with E-state index in [2.05, 4.69) is 20.8 Å². The third-order valence-corrected chi connectivity index (χ3v) is 4.96. The van der Waals surface area contributed by atoms with Crippen molar-refractivity contribution >= 4 is 24.0 Å². The number of halogens is 1. The molecule has 24 heavy (non-hydrogen) atoms. The van der Waals surface area contributed by atoms with Gasteiger partial charge in [-0.15, -0.1) is 12.4 Å². The summed E-state index contributed by atoms with van der Waals surface area (Å²) in [5, 5.41) is 14.7. The van der Waals surface area contributed by atoms with Crippen molar-refractivity contribution in [3.05, 3.63) is 36.7 Å². The van der Waals surface area contributed by atoms with Crippen LogP contribution < -0.4 is 10.6 Å². The number of rotatable bonds is 3. The normalized spacial score (nSPS) is 25.6. The molecular weight excluding hydrogens is 326 g/mol. The van der Waals surface area contributed by atoms with Crippen LogP contribution in [0.1, 0.15) is 32.1 Å². The Hall–Kier alpha value is -1.92. The molecule has 3 unspecified atom stereocenters. The van der Waals surface area contributed by atoms with Gasteiger partial charge in [-0.05, 0) is 49.4 Å². The molecule has 6 nitrogen and oxygen atoms in total. The lowest BCUT2D eigenvalue weighted by atomic mass is 9.85. The summed E-state index contributed by atoms with van der Waals surface area (Å²) in [6, 6.07) is 8.05. The first kappa shape index (κ1) is 16.9. The van der Waals surface area contributed by atoms with Gasteiger partial charge in [0, 0.05) is 11.7 Å². The molecule has 0 spiro atoms. The van der Waals surface area contributed by atoms with E-state index in [0.717, 1.165) is 17.8 Å². The van der Waals surface area contributed by atoms with Gasteiger partial charge in [0.1, 0.15) is 0 Å². The van der Waals surface area contributed by atoms with Crippen molar-refractivity contribution < 1.29 is 4.79 Å². The number of hydrogen-bond donors (Lipinski definition) is 2. The van der Waals surface area contributed by atoms with E-state index in [0.29, 0.717) is 12.0 Å². The quantitative estimate of drug-likeness (QED) is 0.895. The number of nitrogens with zero attached hydrogens (tertiary/aromatic N) is 3. The fourth-order valence-electron chi connectivity index (χ4n) is 3.78. The van der Waals surface area contributed by atoms with Crippen LogP contribution >= 0.6 is 12.4 Å². The van der Waals surface area contributed by atoms with Gasteiger partial charge in [0.05, 0.1) is 24.1 Å². The van der Waals surface area contributed by atoms with E-state index in [1.165, 1.54) is 25.7 Å². The summed E-state index contributed by atoms with van der Waals surface area (Å²) in [7, 11) is 0. The SMILES string of the molecule is Cl.O=C(Nc1ccc(-n2nccn2)cc1)C1CC2CCCCC2N1. The van der Waals surface area contributed by atoms with Crippen molar-refractivity contribution in [3.8, 4) is 5.69 Å².